The molecule has 2 aromatic carbocycles. The van der Waals surface area contributed by atoms with E-state index < -0.39 is 0 Å². The summed E-state index contributed by atoms with van der Waals surface area (Å²) >= 11 is 0. The first-order valence-electron chi connectivity index (χ1n) is 8.28. The van der Waals surface area contributed by atoms with Crippen LogP contribution in [0.25, 0.3) is 11.1 Å². The monoisotopic (exact) mass is 272 g/mol. The largest absolute Gasteiger partial charge is 0.0622 e. The van der Waals surface area contributed by atoms with Crippen LogP contribution in [0.2, 0.25) is 0 Å². The van der Waals surface area contributed by atoms with Gasteiger partial charge in [-0.15, -0.1) is 0 Å². The molecule has 4 unspecified atom stereocenters. The van der Waals surface area contributed by atoms with Gasteiger partial charge in [0, 0.05) is 0 Å². The van der Waals surface area contributed by atoms with E-state index in [2.05, 4.69) is 60.7 Å². The second kappa shape index (κ2) is 4.34. The lowest BCUT2D eigenvalue weighted by atomic mass is 9.58. The first-order valence-corrected chi connectivity index (χ1v) is 8.28. The van der Waals surface area contributed by atoms with Crippen LogP contribution in [0.4, 0.5) is 0 Å². The van der Waals surface area contributed by atoms with Gasteiger partial charge in [-0.25, -0.2) is 0 Å². The molecule has 2 saturated carbocycles. The Kier molecular flexibility index (Phi) is 2.44. The summed E-state index contributed by atoms with van der Waals surface area (Å²) in [5.74, 6) is 3.62. The quantitative estimate of drug-likeness (QED) is 0.698. The Morgan fingerprint density at radius 2 is 1.00 bits per heavy atom. The number of fused-ring (bicyclic) bond motifs is 5. The van der Waals surface area contributed by atoms with E-state index in [0.717, 1.165) is 23.7 Å². The summed E-state index contributed by atoms with van der Waals surface area (Å²) in [5, 5.41) is 0. The van der Waals surface area contributed by atoms with Gasteiger partial charge >= 0.3 is 0 Å². The van der Waals surface area contributed by atoms with Crippen molar-refractivity contribution >= 4 is 11.1 Å². The molecule has 0 heteroatoms. The Morgan fingerprint density at radius 3 is 1.43 bits per heavy atom. The Morgan fingerprint density at radius 1 is 0.571 bits per heavy atom. The third-order valence-electron chi connectivity index (χ3n) is 6.04. The van der Waals surface area contributed by atoms with Crippen molar-refractivity contribution in [2.24, 2.45) is 23.7 Å². The Labute approximate surface area is 126 Å². The van der Waals surface area contributed by atoms with Gasteiger partial charge < -0.3 is 0 Å². The minimum atomic E-state index is 0.848. The highest BCUT2D eigenvalue weighted by Crippen LogP contribution is 2.68. The molecule has 2 bridgehead atoms. The molecule has 0 nitrogen and oxygen atoms in total. The number of benzene rings is 2. The molecule has 0 amide bonds. The molecular formula is C21H20. The molecule has 4 atom stereocenters. The SMILES string of the molecule is c1ccc(C2=C(c3ccccc3)C3C4CCC(C4)C23)cc1. The van der Waals surface area contributed by atoms with E-state index in [9.17, 15) is 0 Å². The maximum absolute atomic E-state index is 2.31. The molecule has 21 heavy (non-hydrogen) atoms. The lowest BCUT2D eigenvalue weighted by molar-refractivity contribution is 0.312. The lowest BCUT2D eigenvalue weighted by Gasteiger charge is -2.45. The summed E-state index contributed by atoms with van der Waals surface area (Å²) in [7, 11) is 0. The standard InChI is InChI=1S/C21H20/c1-3-7-14(8-4-1)18-19(15-9-5-2-6-10-15)21-17-12-11-16(13-17)20(18)21/h1-10,16-17,20-21H,11-13H2. The van der Waals surface area contributed by atoms with Gasteiger partial charge in [0.1, 0.15) is 0 Å². The highest BCUT2D eigenvalue weighted by Gasteiger charge is 2.56. The zero-order chi connectivity index (χ0) is 13.8. The fourth-order valence-electron chi connectivity index (χ4n) is 5.32. The van der Waals surface area contributed by atoms with Crippen LogP contribution in [0.5, 0.6) is 0 Å². The van der Waals surface area contributed by atoms with Crippen molar-refractivity contribution in [3.63, 3.8) is 0 Å². The van der Waals surface area contributed by atoms with Gasteiger partial charge in [-0.2, -0.15) is 0 Å². The third kappa shape index (κ3) is 1.56. The molecule has 0 radical (unpaired) electrons. The highest BCUT2D eigenvalue weighted by atomic mass is 14.6. The molecule has 104 valence electrons. The van der Waals surface area contributed by atoms with E-state index in [-0.39, 0.29) is 0 Å². The van der Waals surface area contributed by atoms with Crippen LogP contribution in [0.1, 0.15) is 30.4 Å². The maximum atomic E-state index is 2.31. The second-order valence-corrected chi connectivity index (χ2v) is 6.94. The Bertz CT molecular complexity index is 634. The van der Waals surface area contributed by atoms with Crippen LogP contribution in [0, 0.1) is 23.7 Å². The fraction of sp³-hybridized carbons (Fsp3) is 0.333. The van der Waals surface area contributed by atoms with Crippen LogP contribution >= 0.6 is 0 Å². The van der Waals surface area contributed by atoms with Crippen molar-refractivity contribution in [2.45, 2.75) is 19.3 Å². The van der Waals surface area contributed by atoms with Gasteiger partial charge in [0.05, 0.1) is 0 Å². The number of hydrogen-bond acceptors (Lipinski definition) is 0. The number of hydrogen-bond donors (Lipinski definition) is 0. The molecule has 0 spiro atoms. The van der Waals surface area contributed by atoms with Gasteiger partial charge in [-0.05, 0) is 65.2 Å². The van der Waals surface area contributed by atoms with E-state index >= 15 is 0 Å². The van der Waals surface area contributed by atoms with E-state index in [1.807, 2.05) is 0 Å². The minimum absolute atomic E-state index is 0.848. The van der Waals surface area contributed by atoms with Crippen molar-refractivity contribution in [1.82, 2.24) is 0 Å². The van der Waals surface area contributed by atoms with Crippen molar-refractivity contribution < 1.29 is 0 Å². The van der Waals surface area contributed by atoms with Crippen LogP contribution in [-0.4, -0.2) is 0 Å². The van der Waals surface area contributed by atoms with Crippen LogP contribution in [0.15, 0.2) is 60.7 Å². The highest BCUT2D eigenvalue weighted by molar-refractivity contribution is 6.00. The van der Waals surface area contributed by atoms with Crippen LogP contribution in [-0.2, 0) is 0 Å². The zero-order valence-electron chi connectivity index (χ0n) is 12.2. The molecule has 0 aliphatic heterocycles. The average molecular weight is 272 g/mol. The van der Waals surface area contributed by atoms with Crippen molar-refractivity contribution in [3.05, 3.63) is 71.8 Å². The summed E-state index contributed by atoms with van der Waals surface area (Å²) in [6.07, 6.45) is 4.40. The van der Waals surface area contributed by atoms with E-state index in [1.54, 1.807) is 11.1 Å². The molecule has 0 saturated heterocycles. The van der Waals surface area contributed by atoms with Gasteiger partial charge in [-0.1, -0.05) is 60.7 Å². The van der Waals surface area contributed by atoms with Crippen LogP contribution in [0.3, 0.4) is 0 Å². The second-order valence-electron chi connectivity index (χ2n) is 6.94. The van der Waals surface area contributed by atoms with Gasteiger partial charge in [0.25, 0.3) is 0 Å². The predicted octanol–water partition coefficient (Wildman–Crippen LogP) is 5.27. The van der Waals surface area contributed by atoms with Crippen molar-refractivity contribution in [1.29, 1.82) is 0 Å². The smallest absolute Gasteiger partial charge is 0.00527 e. The summed E-state index contributed by atoms with van der Waals surface area (Å²) in [5.41, 5.74) is 6.26. The van der Waals surface area contributed by atoms with Gasteiger partial charge in [-0.3, -0.25) is 0 Å². The topological polar surface area (TPSA) is 0 Å². The molecule has 0 N–H and O–H groups in total. The summed E-state index contributed by atoms with van der Waals surface area (Å²) < 4.78 is 0. The maximum Gasteiger partial charge on any atom is -0.00527 e. The molecule has 5 rings (SSSR count). The molecule has 3 aliphatic carbocycles. The van der Waals surface area contributed by atoms with Gasteiger partial charge in [0.15, 0.2) is 0 Å². The fourth-order valence-corrected chi connectivity index (χ4v) is 5.32. The van der Waals surface area contributed by atoms with E-state index in [0.29, 0.717) is 0 Å². The predicted molar refractivity (Wildman–Crippen MR) is 87.5 cm³/mol. The number of rotatable bonds is 2. The Hall–Kier alpha value is -1.82. The normalized spacial score (nSPS) is 33.0. The van der Waals surface area contributed by atoms with E-state index in [1.165, 1.54) is 30.4 Å². The average Bonchev–Trinajstić information content (AvgIpc) is 3.07. The van der Waals surface area contributed by atoms with Crippen molar-refractivity contribution in [3.8, 4) is 0 Å². The molecule has 2 fully saturated rings. The van der Waals surface area contributed by atoms with Crippen LogP contribution < -0.4 is 0 Å². The molecular weight excluding hydrogens is 252 g/mol. The minimum Gasteiger partial charge on any atom is -0.0622 e. The molecule has 0 aromatic heterocycles. The zero-order valence-corrected chi connectivity index (χ0v) is 12.2. The van der Waals surface area contributed by atoms with E-state index in [4.69, 9.17) is 0 Å². The van der Waals surface area contributed by atoms with Gasteiger partial charge in [0.2, 0.25) is 0 Å². The molecule has 2 aromatic rings. The summed E-state index contributed by atoms with van der Waals surface area (Å²) in [6.45, 7) is 0. The first kappa shape index (κ1) is 11.8. The molecule has 3 aliphatic rings. The number of allylic oxidation sites excluding steroid dienone is 2. The Balaban J connectivity index is 1.70. The lowest BCUT2D eigenvalue weighted by Crippen LogP contribution is -2.34. The molecule has 0 heterocycles. The summed E-state index contributed by atoms with van der Waals surface area (Å²) in [4.78, 5) is 0. The third-order valence-corrected chi connectivity index (χ3v) is 6.04. The first-order chi connectivity index (χ1) is 10.4. The van der Waals surface area contributed by atoms with Crippen molar-refractivity contribution in [2.75, 3.05) is 0 Å². The summed E-state index contributed by atoms with van der Waals surface area (Å²) in [6, 6.07) is 22.2.